The van der Waals surface area contributed by atoms with E-state index in [1.165, 1.54) is 37.1 Å². The van der Waals surface area contributed by atoms with Crippen LogP contribution in [0.1, 0.15) is 42.2 Å². The molecule has 1 aliphatic heterocycles. The standard InChI is InChI=1S/C24H25FN4O/c1-2-23-22(14-26-29(23)20-9-4-17(25)5-10-20)24(30)27-18-6-11-19(12-7-18)28-15-16-3-8-21(28)13-16/h4-7,9-12,14,16,21H,2-3,8,13,15H2,1H3,(H,27,30). The molecule has 0 spiro atoms. The zero-order valence-electron chi connectivity index (χ0n) is 17.0. The summed E-state index contributed by atoms with van der Waals surface area (Å²) in [5.41, 5.74) is 4.06. The van der Waals surface area contributed by atoms with E-state index in [-0.39, 0.29) is 11.7 Å². The number of hydrogen-bond donors (Lipinski definition) is 1. The molecule has 1 aromatic heterocycles. The Morgan fingerprint density at radius 3 is 2.47 bits per heavy atom. The largest absolute Gasteiger partial charge is 0.368 e. The van der Waals surface area contributed by atoms with Crippen molar-refractivity contribution in [1.29, 1.82) is 0 Å². The number of nitrogens with zero attached hydrogens (tertiary/aromatic N) is 3. The van der Waals surface area contributed by atoms with Crippen molar-refractivity contribution >= 4 is 17.3 Å². The number of hydrogen-bond acceptors (Lipinski definition) is 3. The quantitative estimate of drug-likeness (QED) is 0.664. The van der Waals surface area contributed by atoms with Crippen LogP contribution in [0.3, 0.4) is 0 Å². The number of carbonyl (C=O) groups is 1. The molecule has 2 unspecified atom stereocenters. The number of amides is 1. The summed E-state index contributed by atoms with van der Waals surface area (Å²) in [5.74, 6) is 0.361. The Kier molecular flexibility index (Phi) is 4.77. The monoisotopic (exact) mass is 404 g/mol. The van der Waals surface area contributed by atoms with Gasteiger partial charge in [0.25, 0.3) is 5.91 Å². The summed E-state index contributed by atoms with van der Waals surface area (Å²) in [5, 5.41) is 7.35. The van der Waals surface area contributed by atoms with E-state index in [9.17, 15) is 9.18 Å². The number of nitrogens with one attached hydrogen (secondary N) is 1. The molecule has 2 atom stereocenters. The molecule has 1 aliphatic carbocycles. The molecule has 2 bridgehead atoms. The van der Waals surface area contributed by atoms with Gasteiger partial charge in [0.1, 0.15) is 5.82 Å². The van der Waals surface area contributed by atoms with Gasteiger partial charge < -0.3 is 10.2 Å². The molecule has 1 N–H and O–H groups in total. The first-order valence-corrected chi connectivity index (χ1v) is 10.6. The smallest absolute Gasteiger partial charge is 0.259 e. The minimum absolute atomic E-state index is 0.187. The van der Waals surface area contributed by atoms with Crippen LogP contribution in [0.15, 0.2) is 54.7 Å². The van der Waals surface area contributed by atoms with E-state index >= 15 is 0 Å². The number of rotatable bonds is 5. The van der Waals surface area contributed by atoms with Gasteiger partial charge in [-0.3, -0.25) is 4.79 Å². The van der Waals surface area contributed by atoms with Gasteiger partial charge in [0, 0.05) is 24.0 Å². The average molecular weight is 404 g/mol. The van der Waals surface area contributed by atoms with Crippen molar-refractivity contribution in [3.63, 3.8) is 0 Å². The Morgan fingerprint density at radius 2 is 1.83 bits per heavy atom. The van der Waals surface area contributed by atoms with Gasteiger partial charge in [-0.25, -0.2) is 9.07 Å². The number of fused-ring (bicyclic) bond motifs is 2. The maximum absolute atomic E-state index is 13.2. The van der Waals surface area contributed by atoms with Crippen LogP contribution < -0.4 is 10.2 Å². The minimum atomic E-state index is -0.299. The summed E-state index contributed by atoms with van der Waals surface area (Å²) in [7, 11) is 0. The molecular weight excluding hydrogens is 379 g/mol. The van der Waals surface area contributed by atoms with Crippen LogP contribution in [0, 0.1) is 11.7 Å². The molecule has 154 valence electrons. The first-order chi connectivity index (χ1) is 14.6. The first-order valence-electron chi connectivity index (χ1n) is 10.6. The molecule has 3 aromatic rings. The van der Waals surface area contributed by atoms with Crippen LogP contribution in [0.5, 0.6) is 0 Å². The van der Waals surface area contributed by atoms with Crippen LogP contribution in [0.2, 0.25) is 0 Å². The lowest BCUT2D eigenvalue weighted by Crippen LogP contribution is -2.31. The SMILES string of the molecule is CCc1c(C(=O)Nc2ccc(N3CC4CCC3C4)cc2)cnn1-c1ccc(F)cc1. The van der Waals surface area contributed by atoms with Gasteiger partial charge >= 0.3 is 0 Å². The number of carbonyl (C=O) groups excluding carboxylic acids is 1. The third-order valence-electron chi connectivity index (χ3n) is 6.39. The Morgan fingerprint density at radius 1 is 1.10 bits per heavy atom. The molecule has 1 saturated heterocycles. The molecule has 30 heavy (non-hydrogen) atoms. The molecule has 1 amide bonds. The van der Waals surface area contributed by atoms with Crippen molar-refractivity contribution < 1.29 is 9.18 Å². The lowest BCUT2D eigenvalue weighted by Gasteiger charge is -2.29. The van der Waals surface area contributed by atoms with Crippen LogP contribution in [0.4, 0.5) is 15.8 Å². The summed E-state index contributed by atoms with van der Waals surface area (Å²) in [6, 6.07) is 14.9. The number of aromatic nitrogens is 2. The van der Waals surface area contributed by atoms with Crippen LogP contribution >= 0.6 is 0 Å². The van der Waals surface area contributed by atoms with Crippen molar-refractivity contribution in [2.75, 3.05) is 16.8 Å². The molecule has 6 heteroatoms. The topological polar surface area (TPSA) is 50.2 Å². The molecule has 2 heterocycles. The van der Waals surface area contributed by atoms with Crippen molar-refractivity contribution in [2.24, 2.45) is 5.92 Å². The predicted octanol–water partition coefficient (Wildman–Crippen LogP) is 4.81. The molecule has 1 saturated carbocycles. The summed E-state index contributed by atoms with van der Waals surface area (Å²) in [4.78, 5) is 15.4. The highest BCUT2D eigenvalue weighted by Gasteiger charge is 2.37. The van der Waals surface area contributed by atoms with Crippen molar-refractivity contribution in [1.82, 2.24) is 9.78 Å². The van der Waals surface area contributed by atoms with E-state index in [2.05, 4.69) is 27.4 Å². The molecule has 2 aromatic carbocycles. The lowest BCUT2D eigenvalue weighted by molar-refractivity contribution is 0.102. The first kappa shape index (κ1) is 18.9. The Bertz CT molecular complexity index is 1060. The van der Waals surface area contributed by atoms with E-state index in [0.29, 0.717) is 18.0 Å². The van der Waals surface area contributed by atoms with Crippen molar-refractivity contribution in [2.45, 2.75) is 38.6 Å². The fraction of sp³-hybridized carbons (Fsp3) is 0.333. The van der Waals surface area contributed by atoms with E-state index in [0.717, 1.165) is 29.5 Å². The normalized spacial score (nSPS) is 20.0. The van der Waals surface area contributed by atoms with Gasteiger partial charge in [0.2, 0.25) is 0 Å². The molecule has 5 rings (SSSR count). The Labute approximate surface area is 175 Å². The number of anilines is 2. The van der Waals surface area contributed by atoms with Crippen molar-refractivity contribution in [3.05, 3.63) is 71.8 Å². The van der Waals surface area contributed by atoms with Gasteiger partial charge in [0.15, 0.2) is 0 Å². The van der Waals surface area contributed by atoms with Gasteiger partial charge in [-0.05, 0) is 80.1 Å². The van der Waals surface area contributed by atoms with Gasteiger partial charge in [0.05, 0.1) is 23.1 Å². The number of benzene rings is 2. The second-order valence-electron chi connectivity index (χ2n) is 8.23. The summed E-state index contributed by atoms with van der Waals surface area (Å²) in [6.07, 6.45) is 6.18. The zero-order valence-corrected chi connectivity index (χ0v) is 17.0. The Balaban J connectivity index is 1.32. The van der Waals surface area contributed by atoms with E-state index in [1.54, 1.807) is 23.0 Å². The van der Waals surface area contributed by atoms with Crippen molar-refractivity contribution in [3.8, 4) is 5.69 Å². The third-order valence-corrected chi connectivity index (χ3v) is 6.39. The predicted molar refractivity (Wildman–Crippen MR) is 116 cm³/mol. The fourth-order valence-electron chi connectivity index (χ4n) is 4.88. The van der Waals surface area contributed by atoms with E-state index in [4.69, 9.17) is 0 Å². The molecule has 5 nitrogen and oxygen atoms in total. The number of halogens is 1. The highest BCUT2D eigenvalue weighted by atomic mass is 19.1. The van der Waals surface area contributed by atoms with E-state index < -0.39 is 0 Å². The molecule has 2 aliphatic rings. The second-order valence-corrected chi connectivity index (χ2v) is 8.23. The van der Waals surface area contributed by atoms with Gasteiger partial charge in [-0.1, -0.05) is 6.92 Å². The van der Waals surface area contributed by atoms with Crippen LogP contribution in [-0.4, -0.2) is 28.3 Å². The van der Waals surface area contributed by atoms with E-state index in [1.807, 2.05) is 19.1 Å². The minimum Gasteiger partial charge on any atom is -0.368 e. The zero-order chi connectivity index (χ0) is 20.7. The fourth-order valence-corrected chi connectivity index (χ4v) is 4.88. The summed E-state index contributed by atoms with van der Waals surface area (Å²) < 4.78 is 14.9. The molecular formula is C24H25FN4O. The number of piperidine rings is 1. The lowest BCUT2D eigenvalue weighted by atomic mass is 10.1. The summed E-state index contributed by atoms with van der Waals surface area (Å²) in [6.45, 7) is 3.13. The maximum atomic E-state index is 13.2. The average Bonchev–Trinajstić information content (AvgIpc) is 3.50. The van der Waals surface area contributed by atoms with Crippen LogP contribution in [-0.2, 0) is 6.42 Å². The second kappa shape index (κ2) is 7.59. The molecule has 0 radical (unpaired) electrons. The summed E-state index contributed by atoms with van der Waals surface area (Å²) >= 11 is 0. The highest BCUT2D eigenvalue weighted by molar-refractivity contribution is 6.05. The van der Waals surface area contributed by atoms with Gasteiger partial charge in [-0.15, -0.1) is 0 Å². The maximum Gasteiger partial charge on any atom is 0.259 e. The third kappa shape index (κ3) is 3.36. The highest BCUT2D eigenvalue weighted by Crippen LogP contribution is 2.40. The Hall–Kier alpha value is -3.15. The van der Waals surface area contributed by atoms with Gasteiger partial charge in [-0.2, -0.15) is 5.10 Å². The molecule has 2 fully saturated rings. The van der Waals surface area contributed by atoms with Crippen LogP contribution in [0.25, 0.3) is 5.69 Å².